The van der Waals surface area contributed by atoms with Crippen molar-refractivity contribution in [3.8, 4) is 0 Å². The van der Waals surface area contributed by atoms with Crippen LogP contribution in [0.2, 0.25) is 0 Å². The van der Waals surface area contributed by atoms with Crippen LogP contribution in [0, 0.1) is 0 Å². The van der Waals surface area contributed by atoms with Crippen molar-refractivity contribution in [2.45, 2.75) is 19.9 Å². The van der Waals surface area contributed by atoms with Crippen LogP contribution < -0.4 is 10.6 Å². The first-order valence-corrected chi connectivity index (χ1v) is 9.35. The van der Waals surface area contributed by atoms with E-state index in [-0.39, 0.29) is 17.6 Å². The second-order valence-corrected chi connectivity index (χ2v) is 8.35. The van der Waals surface area contributed by atoms with Crippen LogP contribution in [-0.4, -0.2) is 56.3 Å². The zero-order chi connectivity index (χ0) is 19.8. The van der Waals surface area contributed by atoms with Gasteiger partial charge in [-0.3, -0.25) is 9.59 Å². The molecular weight excluding hydrogens is 338 g/mol. The number of anilines is 2. The Kier molecular flexibility index (Phi) is 5.07. The van der Waals surface area contributed by atoms with E-state index >= 15 is 0 Å². The largest absolute Gasteiger partial charge is 0.382 e. The first-order valence-electron chi connectivity index (χ1n) is 9.35. The van der Waals surface area contributed by atoms with Gasteiger partial charge in [-0.15, -0.1) is 0 Å². The van der Waals surface area contributed by atoms with Crippen LogP contribution >= 0.6 is 0 Å². The molecule has 3 rings (SSSR count). The van der Waals surface area contributed by atoms with E-state index in [0.29, 0.717) is 27.9 Å². The number of nitrogens with zero attached hydrogens (tertiary/aromatic N) is 1. The minimum Gasteiger partial charge on any atom is -0.382 e. The molecule has 2 aromatic carbocycles. The van der Waals surface area contributed by atoms with Crippen molar-refractivity contribution < 1.29 is 14.1 Å². The molecule has 0 saturated heterocycles. The fourth-order valence-corrected chi connectivity index (χ4v) is 3.33. The van der Waals surface area contributed by atoms with E-state index < -0.39 is 0 Å². The van der Waals surface area contributed by atoms with Crippen molar-refractivity contribution in [2.75, 3.05) is 44.9 Å². The monoisotopic (exact) mass is 366 g/mol. The Morgan fingerprint density at radius 1 is 0.852 bits per heavy atom. The van der Waals surface area contributed by atoms with Crippen LogP contribution in [-0.2, 0) is 0 Å². The molecule has 0 atom stereocenters. The highest BCUT2D eigenvalue weighted by atomic mass is 16.1. The molecule has 1 aliphatic carbocycles. The molecular formula is C22H28N3O2+. The Balaban J connectivity index is 2.08. The third kappa shape index (κ3) is 3.88. The summed E-state index contributed by atoms with van der Waals surface area (Å²) in [5.41, 5.74) is 3.34. The number of quaternary nitrogens is 1. The lowest BCUT2D eigenvalue weighted by molar-refractivity contribution is -0.868. The first kappa shape index (κ1) is 19.1. The highest BCUT2D eigenvalue weighted by Gasteiger charge is 2.33. The number of likely N-dealkylation sites (N-methyl/N-ethyl adjacent to an activating group) is 1. The van der Waals surface area contributed by atoms with Crippen molar-refractivity contribution >= 4 is 22.9 Å². The molecule has 2 N–H and O–H groups in total. The minimum atomic E-state index is -0.0985. The Labute approximate surface area is 161 Å². The Morgan fingerprint density at radius 2 is 1.37 bits per heavy atom. The molecule has 0 bridgehead atoms. The van der Waals surface area contributed by atoms with Crippen LogP contribution in [0.15, 0.2) is 36.4 Å². The van der Waals surface area contributed by atoms with Gasteiger partial charge in [-0.1, -0.05) is 24.3 Å². The summed E-state index contributed by atoms with van der Waals surface area (Å²) in [5, 5.41) is 6.69. The van der Waals surface area contributed by atoms with Gasteiger partial charge in [0, 0.05) is 28.5 Å². The molecule has 2 aromatic rings. The van der Waals surface area contributed by atoms with E-state index in [1.165, 1.54) is 0 Å². The van der Waals surface area contributed by atoms with Gasteiger partial charge in [-0.05, 0) is 26.0 Å². The molecule has 0 unspecified atom stereocenters. The zero-order valence-corrected chi connectivity index (χ0v) is 16.7. The molecule has 0 radical (unpaired) electrons. The number of carbonyl (C=O) groups excluding carboxylic acids is 2. The summed E-state index contributed by atoms with van der Waals surface area (Å²) in [6.45, 7) is 5.65. The molecule has 0 heterocycles. The van der Waals surface area contributed by atoms with Crippen LogP contribution in [0.1, 0.15) is 45.7 Å². The second kappa shape index (κ2) is 7.16. The van der Waals surface area contributed by atoms with E-state index in [1.807, 2.05) is 26.0 Å². The van der Waals surface area contributed by atoms with Crippen molar-refractivity contribution in [3.05, 3.63) is 58.7 Å². The van der Waals surface area contributed by atoms with Gasteiger partial charge in [-0.2, -0.15) is 0 Å². The summed E-state index contributed by atoms with van der Waals surface area (Å²) in [5.74, 6) is -0.195. The number of hydrogen-bond donors (Lipinski definition) is 2. The zero-order valence-electron chi connectivity index (χ0n) is 16.7. The highest BCUT2D eigenvalue weighted by Crippen LogP contribution is 2.36. The van der Waals surface area contributed by atoms with Crippen molar-refractivity contribution in [2.24, 2.45) is 0 Å². The van der Waals surface area contributed by atoms with Gasteiger partial charge in [0.1, 0.15) is 0 Å². The molecule has 0 aromatic heterocycles. The average molecular weight is 366 g/mol. The van der Waals surface area contributed by atoms with Crippen LogP contribution in [0.25, 0.3) is 0 Å². The number of ketones is 2. The molecule has 5 heteroatoms. The normalized spacial score (nSPS) is 13.4. The maximum atomic E-state index is 13.2. The number of benzene rings is 2. The number of fused-ring (bicyclic) bond motifs is 2. The number of nitrogens with one attached hydrogen (secondary N) is 2. The molecule has 5 nitrogen and oxygen atoms in total. The van der Waals surface area contributed by atoms with Gasteiger partial charge in [-0.25, -0.2) is 0 Å². The highest BCUT2D eigenvalue weighted by molar-refractivity contribution is 6.31. The second-order valence-electron chi connectivity index (χ2n) is 8.35. The summed E-state index contributed by atoms with van der Waals surface area (Å²) in [7, 11) is 6.37. The van der Waals surface area contributed by atoms with Crippen LogP contribution in [0.5, 0.6) is 0 Å². The fraction of sp³-hybridized carbons (Fsp3) is 0.364. The number of hydrogen-bond acceptors (Lipinski definition) is 4. The van der Waals surface area contributed by atoms with E-state index in [0.717, 1.165) is 23.3 Å². The Hall–Kier alpha value is -2.66. The van der Waals surface area contributed by atoms with Gasteiger partial charge in [0.15, 0.2) is 11.6 Å². The smallest absolute Gasteiger partial charge is 0.196 e. The summed E-state index contributed by atoms with van der Waals surface area (Å²) >= 11 is 0. The molecule has 1 aliphatic rings. The predicted molar refractivity (Wildman–Crippen MR) is 110 cm³/mol. The van der Waals surface area contributed by atoms with Gasteiger partial charge in [0.25, 0.3) is 0 Å². The number of rotatable bonds is 6. The van der Waals surface area contributed by atoms with E-state index in [4.69, 9.17) is 0 Å². The predicted octanol–water partition coefficient (Wildman–Crippen LogP) is 3.40. The lowest BCUT2D eigenvalue weighted by atomic mass is 9.82. The topological polar surface area (TPSA) is 58.2 Å². The Bertz CT molecular complexity index is 895. The summed E-state index contributed by atoms with van der Waals surface area (Å²) in [4.78, 5) is 26.5. The summed E-state index contributed by atoms with van der Waals surface area (Å²) in [6.07, 6.45) is 0. The van der Waals surface area contributed by atoms with Gasteiger partial charge >= 0.3 is 0 Å². The minimum absolute atomic E-state index is 0.0969. The molecule has 142 valence electrons. The van der Waals surface area contributed by atoms with E-state index in [1.54, 1.807) is 24.3 Å². The van der Waals surface area contributed by atoms with Gasteiger partial charge in [0.2, 0.25) is 0 Å². The van der Waals surface area contributed by atoms with Crippen molar-refractivity contribution in [1.82, 2.24) is 0 Å². The lowest BCUT2D eigenvalue weighted by Crippen LogP contribution is -2.38. The fourth-order valence-electron chi connectivity index (χ4n) is 3.33. The third-order valence-electron chi connectivity index (χ3n) is 4.62. The average Bonchev–Trinajstić information content (AvgIpc) is 2.59. The van der Waals surface area contributed by atoms with Crippen LogP contribution in [0.3, 0.4) is 0 Å². The molecule has 0 saturated carbocycles. The van der Waals surface area contributed by atoms with Crippen molar-refractivity contribution in [1.29, 1.82) is 0 Å². The summed E-state index contributed by atoms with van der Waals surface area (Å²) in [6, 6.07) is 11.0. The Morgan fingerprint density at radius 3 is 1.89 bits per heavy atom. The third-order valence-corrected chi connectivity index (χ3v) is 4.62. The van der Waals surface area contributed by atoms with Gasteiger partial charge in [0.05, 0.1) is 45.4 Å². The maximum absolute atomic E-state index is 13.2. The summed E-state index contributed by atoms with van der Waals surface area (Å²) < 4.78 is 0.817. The molecule has 0 fully saturated rings. The van der Waals surface area contributed by atoms with E-state index in [9.17, 15) is 9.59 Å². The molecule has 0 amide bonds. The van der Waals surface area contributed by atoms with Crippen molar-refractivity contribution in [3.63, 3.8) is 0 Å². The van der Waals surface area contributed by atoms with Crippen LogP contribution in [0.4, 0.5) is 11.4 Å². The SMILES string of the molecule is CC(C)Nc1ccc(NCC[N+](C)(C)C)c2c1C(=O)c1ccccc1C2=O. The first-order chi connectivity index (χ1) is 12.7. The standard InChI is InChI=1S/C22H27N3O2/c1-14(2)24-18-11-10-17(23-12-13-25(3,4)5)19-20(18)22(27)16-9-7-6-8-15(16)21(19)26/h6-11,14H,12-13H2,1-5H3,(H-,23,24,26,27)/p+1. The maximum Gasteiger partial charge on any atom is 0.196 e. The molecule has 0 spiro atoms. The molecule has 0 aliphatic heterocycles. The number of carbonyl (C=O) groups is 2. The molecule has 27 heavy (non-hydrogen) atoms. The van der Waals surface area contributed by atoms with Gasteiger partial charge < -0.3 is 15.1 Å². The lowest BCUT2D eigenvalue weighted by Gasteiger charge is -2.26. The quantitative estimate of drug-likeness (QED) is 0.657. The van der Waals surface area contributed by atoms with E-state index in [2.05, 4.69) is 31.8 Å².